The maximum Gasteiger partial charge on any atom is 0.326 e. The normalized spacial score (nSPS) is 20.4. The van der Waals surface area contributed by atoms with Crippen molar-refractivity contribution in [3.63, 3.8) is 0 Å². The largest absolute Gasteiger partial charge is 0.465 e. The topological polar surface area (TPSA) is 41.6 Å². The predicted molar refractivity (Wildman–Crippen MR) is 64.3 cm³/mol. The van der Waals surface area contributed by atoms with E-state index in [2.05, 4.69) is 23.8 Å². The van der Waals surface area contributed by atoms with E-state index in [9.17, 15) is 4.79 Å². The zero-order chi connectivity index (χ0) is 12.0. The van der Waals surface area contributed by atoms with Crippen molar-refractivity contribution in [2.75, 3.05) is 33.3 Å². The highest BCUT2D eigenvalue weighted by Crippen LogP contribution is 2.23. The molecule has 1 saturated heterocycles. The fourth-order valence-corrected chi connectivity index (χ4v) is 1.99. The van der Waals surface area contributed by atoms with Gasteiger partial charge < -0.3 is 9.64 Å². The number of hydrogen-bond donors (Lipinski definition) is 1. The number of nitrogens with one attached hydrogen (secondary N) is 1. The molecule has 0 aliphatic carbocycles. The Labute approximate surface area is 97.6 Å². The van der Waals surface area contributed by atoms with Gasteiger partial charge in [0.15, 0.2) is 0 Å². The van der Waals surface area contributed by atoms with Crippen LogP contribution in [-0.2, 0) is 9.53 Å². The summed E-state index contributed by atoms with van der Waals surface area (Å²) in [4.78, 5) is 14.2. The van der Waals surface area contributed by atoms with Crippen LogP contribution in [0.4, 0.5) is 0 Å². The van der Waals surface area contributed by atoms with Gasteiger partial charge in [-0.15, -0.1) is 6.58 Å². The van der Waals surface area contributed by atoms with E-state index in [0.29, 0.717) is 13.2 Å². The van der Waals surface area contributed by atoms with E-state index in [4.69, 9.17) is 4.74 Å². The third kappa shape index (κ3) is 3.06. The van der Waals surface area contributed by atoms with Gasteiger partial charge in [0.2, 0.25) is 0 Å². The number of ether oxygens (including phenoxy) is 1. The molecule has 0 atom stereocenters. The summed E-state index contributed by atoms with van der Waals surface area (Å²) in [5.41, 5.74) is -0.503. The van der Waals surface area contributed by atoms with E-state index in [1.165, 1.54) is 0 Å². The quantitative estimate of drug-likeness (QED) is 0.556. The zero-order valence-corrected chi connectivity index (χ0v) is 10.3. The number of rotatable bonds is 5. The molecule has 0 aromatic carbocycles. The summed E-state index contributed by atoms with van der Waals surface area (Å²) in [7, 11) is 2.07. The van der Waals surface area contributed by atoms with Crippen LogP contribution in [0.2, 0.25) is 0 Å². The van der Waals surface area contributed by atoms with Gasteiger partial charge >= 0.3 is 5.97 Å². The zero-order valence-electron chi connectivity index (χ0n) is 10.3. The number of carbonyl (C=O) groups is 1. The second-order valence-electron chi connectivity index (χ2n) is 4.28. The lowest BCUT2D eigenvalue weighted by molar-refractivity contribution is -0.153. The van der Waals surface area contributed by atoms with Gasteiger partial charge in [-0.3, -0.25) is 10.1 Å². The molecular formula is C12H22N2O2. The SMILES string of the molecule is C=CCNC1(C(=O)OCC)CCN(C)CC1. The van der Waals surface area contributed by atoms with Gasteiger partial charge in [-0.2, -0.15) is 0 Å². The molecule has 1 N–H and O–H groups in total. The van der Waals surface area contributed by atoms with E-state index >= 15 is 0 Å². The molecule has 0 unspecified atom stereocenters. The smallest absolute Gasteiger partial charge is 0.326 e. The highest BCUT2D eigenvalue weighted by Gasteiger charge is 2.41. The summed E-state index contributed by atoms with van der Waals surface area (Å²) < 4.78 is 5.16. The lowest BCUT2D eigenvalue weighted by atomic mass is 9.87. The Kier molecular flexibility index (Phi) is 4.96. The molecule has 1 fully saturated rings. The van der Waals surface area contributed by atoms with Crippen molar-refractivity contribution in [1.82, 2.24) is 10.2 Å². The number of piperidine rings is 1. The van der Waals surface area contributed by atoms with Gasteiger partial charge in [0.05, 0.1) is 6.61 Å². The summed E-state index contributed by atoms with van der Waals surface area (Å²) in [5, 5.41) is 3.27. The minimum absolute atomic E-state index is 0.120. The first-order valence-electron chi connectivity index (χ1n) is 5.86. The number of carbonyl (C=O) groups excluding carboxylic acids is 1. The fraction of sp³-hybridized carbons (Fsp3) is 0.750. The lowest BCUT2D eigenvalue weighted by Gasteiger charge is -2.39. The molecule has 1 aliphatic rings. The second kappa shape index (κ2) is 6.01. The molecule has 0 aromatic rings. The molecule has 0 aromatic heterocycles. The van der Waals surface area contributed by atoms with Crippen LogP contribution in [0.5, 0.6) is 0 Å². The Hall–Kier alpha value is -0.870. The van der Waals surface area contributed by atoms with E-state index in [1.54, 1.807) is 6.08 Å². The summed E-state index contributed by atoms with van der Waals surface area (Å²) in [6.07, 6.45) is 3.38. The maximum absolute atomic E-state index is 12.0. The van der Waals surface area contributed by atoms with E-state index in [0.717, 1.165) is 25.9 Å². The highest BCUT2D eigenvalue weighted by molar-refractivity contribution is 5.81. The monoisotopic (exact) mass is 226 g/mol. The third-order valence-corrected chi connectivity index (χ3v) is 3.09. The molecule has 0 spiro atoms. The molecule has 1 heterocycles. The molecule has 0 bridgehead atoms. The molecule has 4 nitrogen and oxygen atoms in total. The van der Waals surface area contributed by atoms with Crippen molar-refractivity contribution in [3.05, 3.63) is 12.7 Å². The Morgan fingerprint density at radius 2 is 2.19 bits per heavy atom. The highest BCUT2D eigenvalue weighted by atomic mass is 16.5. The number of hydrogen-bond acceptors (Lipinski definition) is 4. The first-order valence-corrected chi connectivity index (χ1v) is 5.86. The van der Waals surface area contributed by atoms with Crippen molar-refractivity contribution >= 4 is 5.97 Å². The second-order valence-corrected chi connectivity index (χ2v) is 4.28. The van der Waals surface area contributed by atoms with Crippen LogP contribution in [-0.4, -0.2) is 49.7 Å². The standard InChI is InChI=1S/C12H22N2O2/c1-4-8-13-12(11(15)16-5-2)6-9-14(3)10-7-12/h4,13H,1,5-10H2,2-3H3. The van der Waals surface area contributed by atoms with Crippen LogP contribution < -0.4 is 5.32 Å². The molecule has 16 heavy (non-hydrogen) atoms. The Morgan fingerprint density at radius 3 is 2.69 bits per heavy atom. The molecule has 0 radical (unpaired) electrons. The van der Waals surface area contributed by atoms with E-state index in [-0.39, 0.29) is 5.97 Å². The molecular weight excluding hydrogens is 204 g/mol. The van der Waals surface area contributed by atoms with Gasteiger partial charge in [0.1, 0.15) is 5.54 Å². The fourth-order valence-electron chi connectivity index (χ4n) is 1.99. The Balaban J connectivity index is 2.67. The summed E-state index contributed by atoms with van der Waals surface area (Å²) in [6, 6.07) is 0. The number of nitrogens with zero attached hydrogens (tertiary/aromatic N) is 1. The first-order chi connectivity index (χ1) is 7.64. The van der Waals surface area contributed by atoms with Crippen LogP contribution >= 0.6 is 0 Å². The van der Waals surface area contributed by atoms with Crippen LogP contribution in [0.15, 0.2) is 12.7 Å². The minimum Gasteiger partial charge on any atom is -0.465 e. The molecule has 0 amide bonds. The van der Waals surface area contributed by atoms with E-state index in [1.807, 2.05) is 6.92 Å². The van der Waals surface area contributed by atoms with Crippen molar-refractivity contribution in [2.24, 2.45) is 0 Å². The summed E-state index contributed by atoms with van der Waals surface area (Å²) in [6.45, 7) is 8.43. The van der Waals surface area contributed by atoms with Gasteiger partial charge in [-0.05, 0) is 26.8 Å². The van der Waals surface area contributed by atoms with E-state index < -0.39 is 5.54 Å². The average Bonchev–Trinajstić information content (AvgIpc) is 2.29. The molecule has 1 aliphatic heterocycles. The molecule has 1 rings (SSSR count). The van der Waals surface area contributed by atoms with Gasteiger partial charge in [-0.25, -0.2) is 0 Å². The van der Waals surface area contributed by atoms with Crippen LogP contribution in [0.3, 0.4) is 0 Å². The van der Waals surface area contributed by atoms with Crippen molar-refractivity contribution < 1.29 is 9.53 Å². The predicted octanol–water partition coefficient (Wildman–Crippen LogP) is 0.789. The summed E-state index contributed by atoms with van der Waals surface area (Å²) in [5.74, 6) is -0.120. The van der Waals surface area contributed by atoms with Gasteiger partial charge in [0, 0.05) is 19.6 Å². The first kappa shape index (κ1) is 13.2. The maximum atomic E-state index is 12.0. The average molecular weight is 226 g/mol. The third-order valence-electron chi connectivity index (χ3n) is 3.09. The minimum atomic E-state index is -0.503. The van der Waals surface area contributed by atoms with Crippen molar-refractivity contribution in [1.29, 1.82) is 0 Å². The number of likely N-dealkylation sites (tertiary alicyclic amines) is 1. The van der Waals surface area contributed by atoms with Crippen molar-refractivity contribution in [2.45, 2.75) is 25.3 Å². The van der Waals surface area contributed by atoms with Crippen LogP contribution in [0.1, 0.15) is 19.8 Å². The lowest BCUT2D eigenvalue weighted by Crippen LogP contribution is -2.58. The number of esters is 1. The van der Waals surface area contributed by atoms with Gasteiger partial charge in [0.25, 0.3) is 0 Å². The Bertz CT molecular complexity index is 245. The van der Waals surface area contributed by atoms with Crippen molar-refractivity contribution in [3.8, 4) is 0 Å². The van der Waals surface area contributed by atoms with Gasteiger partial charge in [-0.1, -0.05) is 6.08 Å². The molecule has 0 saturated carbocycles. The van der Waals surface area contributed by atoms with Crippen LogP contribution in [0, 0.1) is 0 Å². The Morgan fingerprint density at radius 1 is 1.56 bits per heavy atom. The molecule has 92 valence electrons. The van der Waals surface area contributed by atoms with Crippen LogP contribution in [0.25, 0.3) is 0 Å². The molecule has 4 heteroatoms. The summed E-state index contributed by atoms with van der Waals surface area (Å²) >= 11 is 0.